The maximum Gasteiger partial charge on any atom is 0.264 e. The summed E-state index contributed by atoms with van der Waals surface area (Å²) in [4.78, 5) is 17.6. The Bertz CT molecular complexity index is 1330. The number of hydrogen-bond donors (Lipinski definition) is 0. The van der Waals surface area contributed by atoms with Crippen LogP contribution in [0.1, 0.15) is 16.7 Å². The second kappa shape index (κ2) is 10.6. The number of carbonyl (C=O) groups is 1. The van der Waals surface area contributed by atoms with Crippen LogP contribution in [-0.4, -0.2) is 59.1 Å². The van der Waals surface area contributed by atoms with Crippen molar-refractivity contribution in [3.8, 4) is 5.75 Å². The molecular formula is C28H33N3O4S. The topological polar surface area (TPSA) is 70.2 Å². The van der Waals surface area contributed by atoms with Crippen LogP contribution in [0.4, 0.5) is 11.4 Å². The Balaban J connectivity index is 1.57. The second-order valence-electron chi connectivity index (χ2n) is 9.08. The minimum Gasteiger partial charge on any atom is -0.495 e. The molecule has 1 amide bonds. The van der Waals surface area contributed by atoms with Gasteiger partial charge in [-0.25, -0.2) is 8.42 Å². The van der Waals surface area contributed by atoms with Crippen molar-refractivity contribution in [3.05, 3.63) is 83.4 Å². The first-order valence-corrected chi connectivity index (χ1v) is 13.5. The zero-order valence-corrected chi connectivity index (χ0v) is 22.1. The predicted molar refractivity (Wildman–Crippen MR) is 143 cm³/mol. The van der Waals surface area contributed by atoms with Gasteiger partial charge in [0.05, 0.1) is 17.7 Å². The molecule has 0 atom stereocenters. The molecule has 0 N–H and O–H groups in total. The molecule has 190 valence electrons. The average molecular weight is 508 g/mol. The molecule has 0 spiro atoms. The lowest BCUT2D eigenvalue weighted by Gasteiger charge is -2.38. The number of carbonyl (C=O) groups excluding carboxylic acids is 1. The summed E-state index contributed by atoms with van der Waals surface area (Å²) in [5, 5.41) is 0. The molecule has 0 aromatic heterocycles. The highest BCUT2D eigenvalue weighted by molar-refractivity contribution is 7.92. The van der Waals surface area contributed by atoms with Crippen molar-refractivity contribution in [2.24, 2.45) is 0 Å². The molecule has 1 aliphatic heterocycles. The molecule has 0 aliphatic carbocycles. The smallest absolute Gasteiger partial charge is 0.264 e. The Hall–Kier alpha value is -3.52. The van der Waals surface area contributed by atoms with Crippen molar-refractivity contribution < 1.29 is 17.9 Å². The van der Waals surface area contributed by atoms with Crippen LogP contribution in [0.15, 0.2) is 71.6 Å². The number of ether oxygens (including phenoxy) is 1. The van der Waals surface area contributed by atoms with Crippen LogP contribution in [0.3, 0.4) is 0 Å². The van der Waals surface area contributed by atoms with Crippen molar-refractivity contribution in [3.63, 3.8) is 0 Å². The van der Waals surface area contributed by atoms with Gasteiger partial charge in [-0.2, -0.15) is 0 Å². The van der Waals surface area contributed by atoms with Crippen molar-refractivity contribution in [1.82, 2.24) is 4.90 Å². The van der Waals surface area contributed by atoms with E-state index in [0.717, 1.165) is 9.87 Å². The summed E-state index contributed by atoms with van der Waals surface area (Å²) in [5.74, 6) is 0.151. The van der Waals surface area contributed by atoms with Gasteiger partial charge in [-0.3, -0.25) is 9.10 Å². The standard InChI is InChI=1S/C28H33N3O4S/c1-21-12-14-24(15-13-21)36(33,34)31(26-9-5-6-11-27(26)35-4)20-28(32)30-18-16-29(17-19-30)25-10-7-8-22(2)23(25)3/h5-15H,16-20H2,1-4H3. The van der Waals surface area contributed by atoms with Gasteiger partial charge >= 0.3 is 0 Å². The highest BCUT2D eigenvalue weighted by Crippen LogP contribution is 2.32. The summed E-state index contributed by atoms with van der Waals surface area (Å²) in [6.45, 7) is 8.23. The summed E-state index contributed by atoms with van der Waals surface area (Å²) in [6.07, 6.45) is 0. The lowest BCUT2D eigenvalue weighted by molar-refractivity contribution is -0.129. The first-order chi connectivity index (χ1) is 17.2. The number of sulfonamides is 1. The van der Waals surface area contributed by atoms with Gasteiger partial charge in [0.15, 0.2) is 0 Å². The summed E-state index contributed by atoms with van der Waals surface area (Å²) in [5.41, 5.74) is 4.95. The lowest BCUT2D eigenvalue weighted by Crippen LogP contribution is -2.52. The zero-order chi connectivity index (χ0) is 25.9. The highest BCUT2D eigenvalue weighted by Gasteiger charge is 2.32. The quantitative estimate of drug-likeness (QED) is 0.480. The van der Waals surface area contributed by atoms with E-state index < -0.39 is 10.0 Å². The van der Waals surface area contributed by atoms with Gasteiger partial charge in [0.25, 0.3) is 10.0 Å². The maximum absolute atomic E-state index is 13.7. The summed E-state index contributed by atoms with van der Waals surface area (Å²) < 4.78 is 34.1. The summed E-state index contributed by atoms with van der Waals surface area (Å²) >= 11 is 0. The van der Waals surface area contributed by atoms with Crippen molar-refractivity contribution >= 4 is 27.3 Å². The fourth-order valence-electron chi connectivity index (χ4n) is 4.47. The second-order valence-corrected chi connectivity index (χ2v) is 10.9. The van der Waals surface area contributed by atoms with Crippen LogP contribution in [0.2, 0.25) is 0 Å². The molecular weight excluding hydrogens is 474 g/mol. The van der Waals surface area contributed by atoms with E-state index in [1.165, 1.54) is 23.9 Å². The van der Waals surface area contributed by atoms with Crippen LogP contribution in [0.25, 0.3) is 0 Å². The molecule has 8 heteroatoms. The minimum atomic E-state index is -4.01. The Kier molecular flexibility index (Phi) is 7.54. The Morgan fingerprint density at radius 2 is 1.56 bits per heavy atom. The van der Waals surface area contributed by atoms with E-state index >= 15 is 0 Å². The van der Waals surface area contributed by atoms with Crippen molar-refractivity contribution in [1.29, 1.82) is 0 Å². The summed E-state index contributed by atoms with van der Waals surface area (Å²) in [6, 6.07) is 19.8. The lowest BCUT2D eigenvalue weighted by atomic mass is 10.1. The van der Waals surface area contributed by atoms with Crippen LogP contribution in [0.5, 0.6) is 5.75 Å². The van der Waals surface area contributed by atoms with E-state index in [-0.39, 0.29) is 17.3 Å². The first-order valence-electron chi connectivity index (χ1n) is 12.0. The van der Waals surface area contributed by atoms with Gasteiger partial charge in [0.2, 0.25) is 5.91 Å². The molecule has 7 nitrogen and oxygen atoms in total. The minimum absolute atomic E-state index is 0.131. The molecule has 0 saturated carbocycles. The molecule has 1 saturated heterocycles. The number of anilines is 2. The number of aryl methyl sites for hydroxylation is 2. The van der Waals surface area contributed by atoms with Crippen molar-refractivity contribution in [2.45, 2.75) is 25.7 Å². The van der Waals surface area contributed by atoms with E-state index in [9.17, 15) is 13.2 Å². The monoisotopic (exact) mass is 507 g/mol. The molecule has 1 fully saturated rings. The molecule has 1 aliphatic rings. The van der Waals surface area contributed by atoms with Gasteiger partial charge in [-0.05, 0) is 62.2 Å². The number of rotatable bonds is 7. The van der Waals surface area contributed by atoms with Crippen LogP contribution in [0, 0.1) is 20.8 Å². The van der Waals surface area contributed by atoms with Gasteiger partial charge < -0.3 is 14.5 Å². The molecule has 36 heavy (non-hydrogen) atoms. The fraction of sp³-hybridized carbons (Fsp3) is 0.321. The molecule has 0 unspecified atom stereocenters. The number of methoxy groups -OCH3 is 1. The van der Waals surface area contributed by atoms with Crippen LogP contribution in [-0.2, 0) is 14.8 Å². The maximum atomic E-state index is 13.7. The molecule has 3 aromatic carbocycles. The molecule has 1 heterocycles. The molecule has 0 radical (unpaired) electrons. The van der Waals surface area contributed by atoms with Gasteiger partial charge in [0.1, 0.15) is 12.3 Å². The molecule has 3 aromatic rings. The number of nitrogens with zero attached hydrogens (tertiary/aromatic N) is 3. The Morgan fingerprint density at radius 1 is 0.889 bits per heavy atom. The normalized spacial score (nSPS) is 14.0. The SMILES string of the molecule is COc1ccccc1N(CC(=O)N1CCN(c2cccc(C)c2C)CC1)S(=O)(=O)c1ccc(C)cc1. The van der Waals surface area contributed by atoms with E-state index in [0.29, 0.717) is 37.6 Å². The number of para-hydroxylation sites is 2. The predicted octanol–water partition coefficient (Wildman–Crippen LogP) is 4.16. The van der Waals surface area contributed by atoms with E-state index in [2.05, 4.69) is 36.9 Å². The average Bonchev–Trinajstić information content (AvgIpc) is 2.89. The summed E-state index contributed by atoms with van der Waals surface area (Å²) in [7, 11) is -2.52. The van der Waals surface area contributed by atoms with Crippen LogP contribution < -0.4 is 13.9 Å². The number of benzene rings is 3. The van der Waals surface area contributed by atoms with E-state index in [1.807, 2.05) is 6.92 Å². The van der Waals surface area contributed by atoms with Gasteiger partial charge in [0, 0.05) is 31.9 Å². The zero-order valence-electron chi connectivity index (χ0n) is 21.3. The fourth-order valence-corrected chi connectivity index (χ4v) is 5.90. The highest BCUT2D eigenvalue weighted by atomic mass is 32.2. The Labute approximate surface area is 214 Å². The molecule has 0 bridgehead atoms. The van der Waals surface area contributed by atoms with E-state index in [1.54, 1.807) is 53.4 Å². The van der Waals surface area contributed by atoms with Gasteiger partial charge in [-0.15, -0.1) is 0 Å². The molecule has 4 rings (SSSR count). The van der Waals surface area contributed by atoms with E-state index in [4.69, 9.17) is 4.74 Å². The van der Waals surface area contributed by atoms with Gasteiger partial charge in [-0.1, -0.05) is 42.0 Å². The largest absolute Gasteiger partial charge is 0.495 e. The third-order valence-electron chi connectivity index (χ3n) is 6.79. The third-order valence-corrected chi connectivity index (χ3v) is 8.56. The number of piperazine rings is 1. The number of hydrogen-bond acceptors (Lipinski definition) is 5. The number of amides is 1. The first kappa shape index (κ1) is 25.6. The Morgan fingerprint density at radius 3 is 2.22 bits per heavy atom. The van der Waals surface area contributed by atoms with Crippen LogP contribution >= 0.6 is 0 Å². The third kappa shape index (κ3) is 5.18. The van der Waals surface area contributed by atoms with Crippen molar-refractivity contribution in [2.75, 3.05) is 49.0 Å².